The summed E-state index contributed by atoms with van der Waals surface area (Å²) < 4.78 is 4.95. The van der Waals surface area contributed by atoms with E-state index >= 15 is 0 Å². The molecule has 1 rings (SSSR count). The van der Waals surface area contributed by atoms with Crippen LogP contribution in [0.5, 0.6) is 0 Å². The van der Waals surface area contributed by atoms with Crippen molar-refractivity contribution in [3.63, 3.8) is 0 Å². The van der Waals surface area contributed by atoms with E-state index in [9.17, 15) is 9.59 Å². The number of hydrogen-bond donors (Lipinski definition) is 2. The summed E-state index contributed by atoms with van der Waals surface area (Å²) in [7, 11) is 0. The molecule has 0 saturated heterocycles. The molecule has 0 heterocycles. The van der Waals surface area contributed by atoms with Crippen molar-refractivity contribution in [1.82, 2.24) is 0 Å². The second kappa shape index (κ2) is 4.61. The predicted molar refractivity (Wildman–Crippen MR) is 53.1 cm³/mol. The van der Waals surface area contributed by atoms with Gasteiger partial charge in [0.1, 0.15) is 5.54 Å². The van der Waals surface area contributed by atoms with E-state index in [1.54, 1.807) is 0 Å². The average Bonchev–Trinajstić information content (AvgIpc) is 2.15. The number of aliphatic carboxylic acids is 1. The van der Waals surface area contributed by atoms with Crippen LogP contribution in [0.2, 0.25) is 0 Å². The van der Waals surface area contributed by atoms with E-state index in [-0.39, 0.29) is 0 Å². The number of carbonyl (C=O) groups is 2. The molecule has 5 nitrogen and oxygen atoms in total. The number of carboxylic acid groups (broad SMARTS) is 1. The minimum absolute atomic E-state index is 0.343. The van der Waals surface area contributed by atoms with E-state index < -0.39 is 23.4 Å². The number of rotatable bonds is 5. The summed E-state index contributed by atoms with van der Waals surface area (Å²) in [5.41, 5.74) is 4.20. The largest absolute Gasteiger partial charge is 0.480 e. The van der Waals surface area contributed by atoms with Crippen LogP contribution in [0.3, 0.4) is 0 Å². The number of carbonyl (C=O) groups excluding carboxylic acids is 1. The molecule has 5 heteroatoms. The number of carboxylic acids is 1. The molecule has 0 spiro atoms. The Morgan fingerprint density at radius 3 is 2.67 bits per heavy atom. The van der Waals surface area contributed by atoms with Gasteiger partial charge in [0.15, 0.2) is 0 Å². The van der Waals surface area contributed by atoms with Gasteiger partial charge in [0, 0.05) is 0 Å². The molecule has 3 N–H and O–H groups in total. The van der Waals surface area contributed by atoms with Gasteiger partial charge in [-0.2, -0.15) is 0 Å². The molecular weight excluding hydrogens is 198 g/mol. The van der Waals surface area contributed by atoms with E-state index in [2.05, 4.69) is 0 Å². The Kier molecular flexibility index (Phi) is 3.68. The lowest BCUT2D eigenvalue weighted by atomic mass is 9.67. The summed E-state index contributed by atoms with van der Waals surface area (Å²) in [6.07, 6.45) is 2.58. The highest BCUT2D eigenvalue weighted by Gasteiger charge is 2.54. The Morgan fingerprint density at radius 2 is 2.27 bits per heavy atom. The molecule has 1 fully saturated rings. The van der Waals surface area contributed by atoms with Crippen LogP contribution in [0.4, 0.5) is 0 Å². The smallest absolute Gasteiger partial charge is 0.324 e. The standard InChI is InChI=1S/C10H17NO4/c1-2-3-6-15-8(12)7-4-5-10(7,11)9(13)14/h7H,2-6,11H2,1H3,(H,13,14). The van der Waals surface area contributed by atoms with Crippen LogP contribution in [0.15, 0.2) is 0 Å². The fourth-order valence-corrected chi connectivity index (χ4v) is 1.60. The highest BCUT2D eigenvalue weighted by molar-refractivity contribution is 5.89. The van der Waals surface area contributed by atoms with E-state index in [4.69, 9.17) is 15.6 Å². The summed E-state index contributed by atoms with van der Waals surface area (Å²) in [5, 5.41) is 8.85. The third-order valence-corrected chi connectivity index (χ3v) is 2.89. The highest BCUT2D eigenvalue weighted by Crippen LogP contribution is 2.37. The maximum absolute atomic E-state index is 11.5. The molecule has 0 aromatic rings. The monoisotopic (exact) mass is 215 g/mol. The van der Waals surface area contributed by atoms with Crippen LogP contribution >= 0.6 is 0 Å². The second-order valence-electron chi connectivity index (χ2n) is 3.96. The number of hydrogen-bond acceptors (Lipinski definition) is 4. The minimum Gasteiger partial charge on any atom is -0.480 e. The van der Waals surface area contributed by atoms with E-state index in [1.165, 1.54) is 0 Å². The summed E-state index contributed by atoms with van der Waals surface area (Å²) in [6.45, 7) is 2.34. The third-order valence-electron chi connectivity index (χ3n) is 2.89. The van der Waals surface area contributed by atoms with E-state index in [0.29, 0.717) is 19.4 Å². The van der Waals surface area contributed by atoms with Gasteiger partial charge in [-0.25, -0.2) is 0 Å². The average molecular weight is 215 g/mol. The second-order valence-corrected chi connectivity index (χ2v) is 3.96. The topological polar surface area (TPSA) is 89.6 Å². The SMILES string of the molecule is CCCCOC(=O)C1CCC1(N)C(=O)O. The van der Waals surface area contributed by atoms with Crippen molar-refractivity contribution >= 4 is 11.9 Å². The molecule has 1 aliphatic carbocycles. The summed E-state index contributed by atoms with van der Waals surface area (Å²) in [5.74, 6) is -2.27. The van der Waals surface area contributed by atoms with Gasteiger partial charge in [0.25, 0.3) is 0 Å². The van der Waals surface area contributed by atoms with Crippen molar-refractivity contribution in [2.75, 3.05) is 6.61 Å². The molecule has 0 aromatic heterocycles. The molecule has 0 bridgehead atoms. The molecule has 1 aliphatic rings. The lowest BCUT2D eigenvalue weighted by molar-refractivity contribution is -0.166. The lowest BCUT2D eigenvalue weighted by Crippen LogP contribution is -2.63. The molecule has 15 heavy (non-hydrogen) atoms. The van der Waals surface area contributed by atoms with E-state index in [0.717, 1.165) is 12.8 Å². The van der Waals surface area contributed by atoms with Gasteiger partial charge in [-0.1, -0.05) is 13.3 Å². The third kappa shape index (κ3) is 2.28. The lowest BCUT2D eigenvalue weighted by Gasteiger charge is -2.40. The Morgan fingerprint density at radius 1 is 1.60 bits per heavy atom. The number of nitrogens with two attached hydrogens (primary N) is 1. The van der Waals surface area contributed by atoms with Gasteiger partial charge in [-0.05, 0) is 19.3 Å². The summed E-state index contributed by atoms with van der Waals surface area (Å²) in [6, 6.07) is 0. The van der Waals surface area contributed by atoms with Crippen molar-refractivity contribution in [2.45, 2.75) is 38.1 Å². The van der Waals surface area contributed by atoms with Crippen molar-refractivity contribution < 1.29 is 19.4 Å². The number of unbranched alkanes of at least 4 members (excludes halogenated alkanes) is 1. The first-order valence-corrected chi connectivity index (χ1v) is 5.21. The molecule has 86 valence electrons. The van der Waals surface area contributed by atoms with Crippen molar-refractivity contribution in [1.29, 1.82) is 0 Å². The highest BCUT2D eigenvalue weighted by atomic mass is 16.5. The van der Waals surface area contributed by atoms with Gasteiger partial charge >= 0.3 is 11.9 Å². The molecule has 2 atom stereocenters. The van der Waals surface area contributed by atoms with Crippen LogP contribution in [0.25, 0.3) is 0 Å². The predicted octanol–water partition coefficient (Wildman–Crippen LogP) is 0.522. The van der Waals surface area contributed by atoms with Gasteiger partial charge in [-0.15, -0.1) is 0 Å². The molecule has 0 amide bonds. The Balaban J connectivity index is 2.44. The Hall–Kier alpha value is -1.10. The Labute approximate surface area is 88.6 Å². The summed E-state index contributed by atoms with van der Waals surface area (Å²) in [4.78, 5) is 22.3. The zero-order valence-corrected chi connectivity index (χ0v) is 8.86. The van der Waals surface area contributed by atoms with Gasteiger partial charge in [-0.3, -0.25) is 9.59 Å². The number of ether oxygens (including phenoxy) is 1. The van der Waals surface area contributed by atoms with Crippen LogP contribution in [0.1, 0.15) is 32.6 Å². The first-order chi connectivity index (χ1) is 7.02. The fourth-order valence-electron chi connectivity index (χ4n) is 1.60. The summed E-state index contributed by atoms with van der Waals surface area (Å²) >= 11 is 0. The zero-order valence-electron chi connectivity index (χ0n) is 8.86. The van der Waals surface area contributed by atoms with Gasteiger partial charge < -0.3 is 15.6 Å². The van der Waals surface area contributed by atoms with Crippen LogP contribution < -0.4 is 5.73 Å². The normalized spacial score (nSPS) is 29.3. The van der Waals surface area contributed by atoms with Crippen molar-refractivity contribution in [3.05, 3.63) is 0 Å². The molecule has 1 saturated carbocycles. The first kappa shape index (κ1) is 12.0. The maximum atomic E-state index is 11.5. The van der Waals surface area contributed by atoms with Gasteiger partial charge in [0.05, 0.1) is 12.5 Å². The van der Waals surface area contributed by atoms with Gasteiger partial charge in [0.2, 0.25) is 0 Å². The molecule has 0 aliphatic heterocycles. The first-order valence-electron chi connectivity index (χ1n) is 5.21. The molecular formula is C10H17NO4. The quantitative estimate of drug-likeness (QED) is 0.515. The van der Waals surface area contributed by atoms with Crippen molar-refractivity contribution in [2.24, 2.45) is 11.7 Å². The zero-order chi connectivity index (χ0) is 11.5. The molecule has 2 unspecified atom stereocenters. The maximum Gasteiger partial charge on any atom is 0.324 e. The molecule has 0 aromatic carbocycles. The fraction of sp³-hybridized carbons (Fsp3) is 0.800. The van der Waals surface area contributed by atoms with Crippen LogP contribution in [0, 0.1) is 5.92 Å². The number of esters is 1. The van der Waals surface area contributed by atoms with Crippen molar-refractivity contribution in [3.8, 4) is 0 Å². The Bertz CT molecular complexity index is 266. The van der Waals surface area contributed by atoms with Crippen LogP contribution in [-0.2, 0) is 14.3 Å². The van der Waals surface area contributed by atoms with Crippen LogP contribution in [-0.4, -0.2) is 29.2 Å². The minimum atomic E-state index is -1.40. The molecule has 0 radical (unpaired) electrons. The van der Waals surface area contributed by atoms with E-state index in [1.807, 2.05) is 6.92 Å².